The van der Waals surface area contributed by atoms with Crippen molar-refractivity contribution >= 4 is 46.1 Å². The zero-order valence-electron chi connectivity index (χ0n) is 6.11. The zero-order valence-corrected chi connectivity index (χ0v) is 9.90. The zero-order chi connectivity index (χ0) is 8.97. The first kappa shape index (κ1) is 10.1. The summed E-state index contributed by atoms with van der Waals surface area (Å²) >= 11 is 4.64. The molecule has 0 atom stereocenters. The molecule has 62 valence electrons. The largest absolute Gasteiger partial charge is 0.230 e. The van der Waals surface area contributed by atoms with Gasteiger partial charge in [0.15, 0.2) is 3.83 Å². The summed E-state index contributed by atoms with van der Waals surface area (Å²) in [6, 6.07) is 0. The molecule has 0 fully saturated rings. The van der Waals surface area contributed by atoms with Crippen molar-refractivity contribution in [1.82, 2.24) is 9.97 Å². The Bertz CT molecular complexity index is 323. The minimum atomic E-state index is 0.670. The van der Waals surface area contributed by atoms with Gasteiger partial charge >= 0.3 is 0 Å². The molecular formula is C6H4IN3S2. The van der Waals surface area contributed by atoms with Gasteiger partial charge in [-0.25, -0.2) is 9.97 Å². The fourth-order valence-electron chi connectivity index (χ4n) is 0.591. The van der Waals surface area contributed by atoms with E-state index in [1.807, 2.05) is 34.2 Å². The molecule has 1 rings (SSSR count). The minimum absolute atomic E-state index is 0.670. The number of aromatic nitrogens is 2. The summed E-state index contributed by atoms with van der Waals surface area (Å²) in [6.45, 7) is 0. The molecule has 0 aromatic carbocycles. The lowest BCUT2D eigenvalue weighted by atomic mass is 10.7. The van der Waals surface area contributed by atoms with Gasteiger partial charge in [0, 0.05) is 40.5 Å². The van der Waals surface area contributed by atoms with Gasteiger partial charge in [-0.3, -0.25) is 0 Å². The Morgan fingerprint density at radius 3 is 3.00 bits per heavy atom. The molecule has 0 amide bonds. The monoisotopic (exact) mass is 309 g/mol. The average molecular weight is 309 g/mol. The van der Waals surface area contributed by atoms with Crippen LogP contribution in [-0.4, -0.2) is 16.2 Å². The van der Waals surface area contributed by atoms with E-state index in [1.165, 1.54) is 0 Å². The molecule has 1 heterocycles. The van der Waals surface area contributed by atoms with Crippen molar-refractivity contribution in [2.45, 2.75) is 9.92 Å². The highest BCUT2D eigenvalue weighted by molar-refractivity contribution is 14.1. The quantitative estimate of drug-likeness (QED) is 0.276. The van der Waals surface area contributed by atoms with Gasteiger partial charge in [0.05, 0.1) is 4.90 Å². The molecule has 0 aliphatic heterocycles. The molecule has 0 N–H and O–H groups in total. The summed E-state index contributed by atoms with van der Waals surface area (Å²) in [5, 5.41) is 11.2. The highest BCUT2D eigenvalue weighted by Crippen LogP contribution is 2.26. The van der Waals surface area contributed by atoms with E-state index >= 15 is 0 Å². The van der Waals surface area contributed by atoms with Gasteiger partial charge in [-0.05, 0) is 6.26 Å². The summed E-state index contributed by atoms with van der Waals surface area (Å²) in [7, 11) is 0. The second kappa shape index (κ2) is 4.89. The van der Waals surface area contributed by atoms with Gasteiger partial charge < -0.3 is 0 Å². The standard InChI is InChI=1S/C6H4IN3S2/c1-11-4-2-9-6(7)10-5(4)12-3-8/h2H,1H3. The van der Waals surface area contributed by atoms with Crippen LogP contribution in [0, 0.1) is 14.5 Å². The molecule has 0 aliphatic carbocycles. The highest BCUT2D eigenvalue weighted by atomic mass is 127. The number of nitriles is 1. The molecule has 0 aliphatic rings. The third-order valence-corrected chi connectivity index (χ3v) is 3.04. The third kappa shape index (κ3) is 2.50. The SMILES string of the molecule is CSc1cnc(I)nc1SC#N. The Morgan fingerprint density at radius 2 is 2.42 bits per heavy atom. The Labute approximate surface area is 92.5 Å². The van der Waals surface area contributed by atoms with Crippen LogP contribution in [0.3, 0.4) is 0 Å². The maximum Gasteiger partial charge on any atom is 0.191 e. The van der Waals surface area contributed by atoms with Crippen molar-refractivity contribution in [1.29, 1.82) is 5.26 Å². The molecule has 0 bridgehead atoms. The van der Waals surface area contributed by atoms with E-state index in [0.29, 0.717) is 3.83 Å². The predicted octanol–water partition coefficient (Wildman–Crippen LogP) is 2.38. The van der Waals surface area contributed by atoms with E-state index in [1.54, 1.807) is 18.0 Å². The Hall–Kier alpha value is -0.0000000000000000555. The molecule has 6 heteroatoms. The van der Waals surface area contributed by atoms with Gasteiger partial charge in [-0.2, -0.15) is 5.26 Å². The fraction of sp³-hybridized carbons (Fsp3) is 0.167. The lowest BCUT2D eigenvalue weighted by Crippen LogP contribution is -1.90. The van der Waals surface area contributed by atoms with Gasteiger partial charge in [0.25, 0.3) is 0 Å². The summed E-state index contributed by atoms with van der Waals surface area (Å²) < 4.78 is 0.670. The van der Waals surface area contributed by atoms with Crippen LogP contribution in [0.5, 0.6) is 0 Å². The second-order valence-electron chi connectivity index (χ2n) is 1.71. The first-order valence-corrected chi connectivity index (χ1v) is 6.02. The molecule has 0 saturated carbocycles. The molecule has 0 unspecified atom stereocenters. The van der Waals surface area contributed by atoms with Crippen molar-refractivity contribution < 1.29 is 0 Å². The second-order valence-corrected chi connectivity index (χ2v) is 4.29. The normalized spacial score (nSPS) is 9.42. The van der Waals surface area contributed by atoms with Crippen molar-refractivity contribution in [2.75, 3.05) is 6.26 Å². The summed E-state index contributed by atoms with van der Waals surface area (Å²) in [4.78, 5) is 9.10. The van der Waals surface area contributed by atoms with E-state index in [9.17, 15) is 0 Å². The van der Waals surface area contributed by atoms with Crippen LogP contribution in [0.25, 0.3) is 0 Å². The van der Waals surface area contributed by atoms with Gasteiger partial charge in [-0.1, -0.05) is 0 Å². The van der Waals surface area contributed by atoms with Crippen LogP contribution >= 0.6 is 46.1 Å². The first-order chi connectivity index (χ1) is 5.77. The smallest absolute Gasteiger partial charge is 0.191 e. The average Bonchev–Trinajstić information content (AvgIpc) is 2.05. The van der Waals surface area contributed by atoms with Gasteiger partial charge in [0.1, 0.15) is 10.4 Å². The topological polar surface area (TPSA) is 49.6 Å². The number of thioether (sulfide) groups is 2. The van der Waals surface area contributed by atoms with Crippen LogP contribution in [0.1, 0.15) is 0 Å². The maximum atomic E-state index is 8.47. The number of thiocyanates is 1. The first-order valence-electron chi connectivity index (χ1n) is 2.90. The van der Waals surface area contributed by atoms with E-state index in [2.05, 4.69) is 9.97 Å². The maximum absolute atomic E-state index is 8.47. The predicted molar refractivity (Wildman–Crippen MR) is 58.0 cm³/mol. The van der Waals surface area contributed by atoms with Crippen LogP contribution in [0.2, 0.25) is 0 Å². The number of rotatable bonds is 2. The minimum Gasteiger partial charge on any atom is -0.230 e. The van der Waals surface area contributed by atoms with Gasteiger partial charge in [-0.15, -0.1) is 11.8 Å². The van der Waals surface area contributed by atoms with Crippen molar-refractivity contribution in [3.63, 3.8) is 0 Å². The molecule has 1 aromatic heterocycles. The van der Waals surface area contributed by atoms with Gasteiger partial charge in [0.2, 0.25) is 0 Å². The van der Waals surface area contributed by atoms with Crippen LogP contribution in [-0.2, 0) is 0 Å². The number of hydrogen-bond acceptors (Lipinski definition) is 5. The molecule has 0 saturated heterocycles. The van der Waals surface area contributed by atoms with Crippen LogP contribution < -0.4 is 0 Å². The number of nitrogens with zero attached hydrogens (tertiary/aromatic N) is 3. The van der Waals surface area contributed by atoms with Crippen LogP contribution in [0.4, 0.5) is 0 Å². The van der Waals surface area contributed by atoms with Crippen molar-refractivity contribution in [2.24, 2.45) is 0 Å². The molecule has 0 spiro atoms. The molecule has 1 aromatic rings. The Kier molecular flexibility index (Phi) is 4.11. The molecule has 12 heavy (non-hydrogen) atoms. The molecule has 3 nitrogen and oxygen atoms in total. The van der Waals surface area contributed by atoms with E-state index in [4.69, 9.17) is 5.26 Å². The number of hydrogen-bond donors (Lipinski definition) is 0. The summed E-state index contributed by atoms with van der Waals surface area (Å²) in [6.07, 6.45) is 3.67. The summed E-state index contributed by atoms with van der Waals surface area (Å²) in [5.41, 5.74) is 0. The Morgan fingerprint density at radius 1 is 1.67 bits per heavy atom. The third-order valence-electron chi connectivity index (χ3n) is 1.06. The number of halogens is 1. The lowest BCUT2D eigenvalue weighted by Gasteiger charge is -1.99. The fourth-order valence-corrected chi connectivity index (χ4v) is 2.26. The van der Waals surface area contributed by atoms with E-state index in [-0.39, 0.29) is 0 Å². The van der Waals surface area contributed by atoms with Crippen molar-refractivity contribution in [3.8, 4) is 5.40 Å². The molecular weight excluding hydrogens is 305 g/mol. The highest BCUT2D eigenvalue weighted by Gasteiger charge is 2.04. The van der Waals surface area contributed by atoms with E-state index in [0.717, 1.165) is 21.7 Å². The van der Waals surface area contributed by atoms with Crippen LogP contribution in [0.15, 0.2) is 16.1 Å². The van der Waals surface area contributed by atoms with E-state index < -0.39 is 0 Å². The lowest BCUT2D eigenvalue weighted by molar-refractivity contribution is 0.929. The van der Waals surface area contributed by atoms with Crippen molar-refractivity contribution in [3.05, 3.63) is 10.0 Å². The summed E-state index contributed by atoms with van der Waals surface area (Å²) in [5.74, 6) is 0. The molecule has 0 radical (unpaired) electrons. The Balaban J connectivity index is 3.05.